The number of benzene rings is 1. The number of carbonyl (C=O) groups is 2. The molecule has 2 amide bonds. The number of hydrogen-bond donors (Lipinski definition) is 1. The number of fused-ring (bicyclic) bond motifs is 1. The predicted molar refractivity (Wildman–Crippen MR) is 61.1 cm³/mol. The summed E-state index contributed by atoms with van der Waals surface area (Å²) < 4.78 is 37.8. The first-order valence-corrected chi connectivity index (χ1v) is 5.59. The molecule has 1 heterocycles. The summed E-state index contributed by atoms with van der Waals surface area (Å²) in [7, 11) is 0. The van der Waals surface area contributed by atoms with Crippen molar-refractivity contribution >= 4 is 17.5 Å². The van der Waals surface area contributed by atoms with Crippen molar-refractivity contribution in [1.29, 1.82) is 0 Å². The highest BCUT2D eigenvalue weighted by Gasteiger charge is 2.33. The van der Waals surface area contributed by atoms with E-state index in [0.29, 0.717) is 11.3 Å². The number of aryl methyl sites for hydroxylation is 1. The molecule has 1 aliphatic heterocycles. The maximum absolute atomic E-state index is 12.6. The van der Waals surface area contributed by atoms with Gasteiger partial charge in [-0.15, -0.1) is 0 Å². The zero-order valence-corrected chi connectivity index (χ0v) is 10.0. The van der Waals surface area contributed by atoms with E-state index in [0.717, 1.165) is 17.1 Å². The summed E-state index contributed by atoms with van der Waals surface area (Å²) >= 11 is 0. The third-order valence-electron chi connectivity index (χ3n) is 2.77. The number of nitrogens with one attached hydrogen (secondary N) is 1. The van der Waals surface area contributed by atoms with E-state index >= 15 is 0 Å². The van der Waals surface area contributed by atoms with E-state index in [-0.39, 0.29) is 18.7 Å². The van der Waals surface area contributed by atoms with E-state index < -0.39 is 17.6 Å². The maximum Gasteiger partial charge on any atom is 0.416 e. The van der Waals surface area contributed by atoms with Gasteiger partial charge in [-0.25, -0.2) is 5.01 Å². The molecule has 0 fully saturated rings. The normalized spacial score (nSPS) is 15.2. The fraction of sp³-hybridized carbons (Fsp3) is 0.333. The average molecular weight is 272 g/mol. The van der Waals surface area contributed by atoms with Crippen molar-refractivity contribution in [2.75, 3.05) is 5.01 Å². The van der Waals surface area contributed by atoms with Crippen LogP contribution in [0.4, 0.5) is 18.9 Å². The van der Waals surface area contributed by atoms with Crippen molar-refractivity contribution < 1.29 is 22.8 Å². The molecule has 0 saturated heterocycles. The van der Waals surface area contributed by atoms with Crippen molar-refractivity contribution in [1.82, 2.24) is 5.43 Å². The van der Waals surface area contributed by atoms with Gasteiger partial charge in [-0.3, -0.25) is 15.0 Å². The molecule has 102 valence electrons. The molecule has 0 bridgehead atoms. The number of amides is 2. The third kappa shape index (κ3) is 2.69. The van der Waals surface area contributed by atoms with Crippen LogP contribution in [0.2, 0.25) is 0 Å². The number of hydrogen-bond acceptors (Lipinski definition) is 2. The summed E-state index contributed by atoms with van der Waals surface area (Å²) in [5.41, 5.74) is 2.23. The molecular formula is C12H11F3N2O2. The Morgan fingerprint density at radius 3 is 2.58 bits per heavy atom. The van der Waals surface area contributed by atoms with Crippen LogP contribution >= 0.6 is 0 Å². The molecular weight excluding hydrogens is 261 g/mol. The van der Waals surface area contributed by atoms with Crippen LogP contribution in [-0.4, -0.2) is 11.8 Å². The van der Waals surface area contributed by atoms with Crippen LogP contribution in [0, 0.1) is 0 Å². The Kier molecular flexibility index (Phi) is 3.21. The molecule has 1 N–H and O–H groups in total. The molecule has 0 aliphatic carbocycles. The quantitative estimate of drug-likeness (QED) is 0.850. The number of anilines is 1. The van der Waals surface area contributed by atoms with E-state index in [1.807, 2.05) is 0 Å². The Bertz CT molecular complexity index is 540. The number of hydrazine groups is 1. The molecule has 0 saturated carbocycles. The van der Waals surface area contributed by atoms with Gasteiger partial charge in [-0.2, -0.15) is 13.2 Å². The lowest BCUT2D eigenvalue weighted by Gasteiger charge is -2.29. The summed E-state index contributed by atoms with van der Waals surface area (Å²) in [5, 5.41) is 1.00. The highest BCUT2D eigenvalue weighted by Crippen LogP contribution is 2.34. The first-order chi connectivity index (χ1) is 8.79. The second-order valence-corrected chi connectivity index (χ2v) is 4.24. The van der Waals surface area contributed by atoms with Crippen LogP contribution in [-0.2, 0) is 22.2 Å². The lowest BCUT2D eigenvalue weighted by molar-refractivity contribution is -0.137. The van der Waals surface area contributed by atoms with E-state index in [1.54, 1.807) is 0 Å². The lowest BCUT2D eigenvalue weighted by atomic mass is 9.99. The summed E-state index contributed by atoms with van der Waals surface area (Å²) in [6, 6.07) is 3.11. The van der Waals surface area contributed by atoms with Gasteiger partial charge in [-0.1, -0.05) is 0 Å². The largest absolute Gasteiger partial charge is 0.416 e. The average Bonchev–Trinajstić information content (AvgIpc) is 2.30. The van der Waals surface area contributed by atoms with E-state index in [4.69, 9.17) is 0 Å². The Hall–Kier alpha value is -2.05. The Morgan fingerprint density at radius 1 is 1.32 bits per heavy atom. The molecule has 7 heteroatoms. The minimum Gasteiger partial charge on any atom is -0.274 e. The van der Waals surface area contributed by atoms with Gasteiger partial charge < -0.3 is 0 Å². The Balaban J connectivity index is 2.41. The fourth-order valence-corrected chi connectivity index (χ4v) is 1.95. The third-order valence-corrected chi connectivity index (χ3v) is 2.77. The van der Waals surface area contributed by atoms with Crippen LogP contribution in [0.3, 0.4) is 0 Å². The second kappa shape index (κ2) is 4.56. The van der Waals surface area contributed by atoms with Gasteiger partial charge >= 0.3 is 6.18 Å². The number of rotatable bonds is 1. The summed E-state index contributed by atoms with van der Waals surface area (Å²) in [6.07, 6.45) is -4.13. The highest BCUT2D eigenvalue weighted by atomic mass is 19.4. The van der Waals surface area contributed by atoms with Gasteiger partial charge in [0.25, 0.3) is 0 Å². The molecule has 0 aromatic heterocycles. The Morgan fingerprint density at radius 2 is 2.00 bits per heavy atom. The number of carbonyl (C=O) groups excluding carboxylic acids is 2. The number of halogens is 3. The van der Waals surface area contributed by atoms with Gasteiger partial charge in [-0.05, 0) is 30.2 Å². The molecule has 0 unspecified atom stereocenters. The summed E-state index contributed by atoms with van der Waals surface area (Å²) in [4.78, 5) is 22.7. The van der Waals surface area contributed by atoms with Crippen LogP contribution < -0.4 is 10.4 Å². The van der Waals surface area contributed by atoms with Crippen LogP contribution in [0.25, 0.3) is 0 Å². The van der Waals surface area contributed by atoms with Crippen molar-refractivity contribution in [2.24, 2.45) is 0 Å². The highest BCUT2D eigenvalue weighted by molar-refractivity contribution is 5.98. The predicted octanol–water partition coefficient (Wildman–Crippen LogP) is 2.04. The van der Waals surface area contributed by atoms with Crippen LogP contribution in [0.1, 0.15) is 24.5 Å². The monoisotopic (exact) mass is 272 g/mol. The first-order valence-electron chi connectivity index (χ1n) is 5.59. The molecule has 0 radical (unpaired) electrons. The molecule has 1 aliphatic rings. The van der Waals surface area contributed by atoms with E-state index in [1.165, 1.54) is 13.0 Å². The van der Waals surface area contributed by atoms with Crippen LogP contribution in [0.15, 0.2) is 18.2 Å². The van der Waals surface area contributed by atoms with Gasteiger partial charge in [0.2, 0.25) is 11.8 Å². The van der Waals surface area contributed by atoms with Gasteiger partial charge in [0, 0.05) is 13.3 Å². The number of nitrogens with zero attached hydrogens (tertiary/aromatic N) is 1. The van der Waals surface area contributed by atoms with Gasteiger partial charge in [0.15, 0.2) is 0 Å². The van der Waals surface area contributed by atoms with Crippen molar-refractivity contribution in [3.63, 3.8) is 0 Å². The molecule has 4 nitrogen and oxygen atoms in total. The fourth-order valence-electron chi connectivity index (χ4n) is 1.95. The van der Waals surface area contributed by atoms with E-state index in [2.05, 4.69) is 5.43 Å². The molecule has 19 heavy (non-hydrogen) atoms. The van der Waals surface area contributed by atoms with Crippen LogP contribution in [0.5, 0.6) is 0 Å². The number of alkyl halides is 3. The minimum atomic E-state index is -4.42. The summed E-state index contributed by atoms with van der Waals surface area (Å²) in [6.45, 7) is 1.23. The molecule has 1 aromatic rings. The Labute approximate surface area is 107 Å². The van der Waals surface area contributed by atoms with Crippen molar-refractivity contribution in [2.45, 2.75) is 25.9 Å². The SMILES string of the molecule is CC(=O)NN1C(=O)CCc2cc(C(F)(F)F)ccc21. The standard InChI is InChI=1S/C12H11F3N2O2/c1-7(18)16-17-10-4-3-9(12(13,14)15)6-8(10)2-5-11(17)19/h3-4,6H,2,5H2,1H3,(H,16,18). The molecule has 1 aromatic carbocycles. The molecule has 0 spiro atoms. The smallest absolute Gasteiger partial charge is 0.274 e. The van der Waals surface area contributed by atoms with Gasteiger partial charge in [0.1, 0.15) is 0 Å². The zero-order valence-electron chi connectivity index (χ0n) is 10.0. The minimum absolute atomic E-state index is 0.0641. The van der Waals surface area contributed by atoms with Crippen molar-refractivity contribution in [3.05, 3.63) is 29.3 Å². The second-order valence-electron chi connectivity index (χ2n) is 4.24. The van der Waals surface area contributed by atoms with Gasteiger partial charge in [0.05, 0.1) is 11.3 Å². The van der Waals surface area contributed by atoms with Crippen molar-refractivity contribution in [3.8, 4) is 0 Å². The summed E-state index contributed by atoms with van der Waals surface area (Å²) in [5.74, 6) is -0.802. The molecule has 2 rings (SSSR count). The maximum atomic E-state index is 12.6. The topological polar surface area (TPSA) is 49.4 Å². The van der Waals surface area contributed by atoms with E-state index in [9.17, 15) is 22.8 Å². The zero-order chi connectivity index (χ0) is 14.2. The first kappa shape index (κ1) is 13.4. The molecule has 0 atom stereocenters. The lowest BCUT2D eigenvalue weighted by Crippen LogP contribution is -2.47.